The Labute approximate surface area is 165 Å². The number of aliphatic imine (C=N–C) groups is 1. The van der Waals surface area contributed by atoms with Crippen LogP contribution in [0.5, 0.6) is 0 Å². The molecule has 8 heteroatoms. The number of hydrogen-bond donors (Lipinski definition) is 1. The Morgan fingerprint density at radius 3 is 2.37 bits per heavy atom. The van der Waals surface area contributed by atoms with E-state index in [1.54, 1.807) is 13.8 Å². The smallest absolute Gasteiger partial charge is 0.194 e. The maximum Gasteiger partial charge on any atom is 0.194 e. The van der Waals surface area contributed by atoms with Crippen LogP contribution in [0.2, 0.25) is 0 Å². The first-order valence-corrected chi connectivity index (χ1v) is 11.7. The summed E-state index contributed by atoms with van der Waals surface area (Å²) in [7, 11) is -3.06. The van der Waals surface area contributed by atoms with Crippen LogP contribution in [-0.4, -0.2) is 91.7 Å². The molecule has 0 amide bonds. The van der Waals surface area contributed by atoms with Crippen LogP contribution in [0.25, 0.3) is 0 Å². The van der Waals surface area contributed by atoms with Gasteiger partial charge in [0.05, 0.1) is 29.3 Å². The highest BCUT2D eigenvalue weighted by Gasteiger charge is 2.41. The van der Waals surface area contributed by atoms with Gasteiger partial charge in [-0.1, -0.05) is 0 Å². The highest BCUT2D eigenvalue weighted by molar-refractivity contribution is 7.92. The van der Waals surface area contributed by atoms with Crippen LogP contribution < -0.4 is 5.32 Å². The molecule has 2 fully saturated rings. The van der Waals surface area contributed by atoms with Crippen molar-refractivity contribution in [3.63, 3.8) is 0 Å². The van der Waals surface area contributed by atoms with Crippen LogP contribution in [0, 0.1) is 0 Å². The van der Waals surface area contributed by atoms with Crippen molar-refractivity contribution in [2.45, 2.75) is 71.0 Å². The van der Waals surface area contributed by atoms with Crippen molar-refractivity contribution >= 4 is 15.8 Å². The quantitative estimate of drug-likeness (QED) is 0.565. The van der Waals surface area contributed by atoms with Crippen LogP contribution in [0.4, 0.5) is 0 Å². The molecule has 158 valence electrons. The summed E-state index contributed by atoms with van der Waals surface area (Å²) in [5.74, 6) is 0.981. The second-order valence-electron chi connectivity index (χ2n) is 9.15. The van der Waals surface area contributed by atoms with E-state index in [-0.39, 0.29) is 23.5 Å². The Morgan fingerprint density at radius 1 is 1.26 bits per heavy atom. The van der Waals surface area contributed by atoms with E-state index in [1.165, 1.54) is 0 Å². The molecule has 0 saturated carbocycles. The van der Waals surface area contributed by atoms with Gasteiger partial charge in [-0.15, -0.1) is 0 Å². The lowest BCUT2D eigenvalue weighted by Gasteiger charge is -2.45. The molecule has 2 aliphatic rings. The molecule has 0 radical (unpaired) electrons. The van der Waals surface area contributed by atoms with Crippen molar-refractivity contribution in [3.05, 3.63) is 0 Å². The Morgan fingerprint density at radius 2 is 1.85 bits per heavy atom. The van der Waals surface area contributed by atoms with E-state index in [0.29, 0.717) is 19.6 Å². The third-order valence-corrected chi connectivity index (χ3v) is 8.10. The van der Waals surface area contributed by atoms with E-state index in [1.807, 2.05) is 6.92 Å². The summed E-state index contributed by atoms with van der Waals surface area (Å²) < 4.78 is 29.7. The third-order valence-electron chi connectivity index (χ3n) is 5.57. The first kappa shape index (κ1) is 22.4. The van der Waals surface area contributed by atoms with Crippen LogP contribution in [-0.2, 0) is 14.6 Å². The molecule has 0 aromatic rings. The molecule has 0 aromatic carbocycles. The molecule has 2 unspecified atom stereocenters. The third kappa shape index (κ3) is 5.35. The summed E-state index contributed by atoms with van der Waals surface area (Å²) in [5.41, 5.74) is -0.0929. The molecule has 0 aromatic heterocycles. The summed E-state index contributed by atoms with van der Waals surface area (Å²) in [6.45, 7) is 18.5. The van der Waals surface area contributed by atoms with Gasteiger partial charge in [0, 0.05) is 38.3 Å². The van der Waals surface area contributed by atoms with Gasteiger partial charge in [0.15, 0.2) is 15.8 Å². The summed E-state index contributed by atoms with van der Waals surface area (Å²) in [4.78, 5) is 9.44. The summed E-state index contributed by atoms with van der Waals surface area (Å²) in [6, 6.07) is 0. The monoisotopic (exact) mass is 402 g/mol. The summed E-state index contributed by atoms with van der Waals surface area (Å²) in [5, 5.41) is 3.35. The van der Waals surface area contributed by atoms with Crippen LogP contribution in [0.3, 0.4) is 0 Å². The van der Waals surface area contributed by atoms with Gasteiger partial charge in [-0.05, 0) is 48.5 Å². The largest absolute Gasteiger partial charge is 0.373 e. The minimum absolute atomic E-state index is 0.0929. The van der Waals surface area contributed by atoms with Crippen molar-refractivity contribution in [2.24, 2.45) is 4.99 Å². The van der Waals surface area contributed by atoms with Gasteiger partial charge in [-0.25, -0.2) is 8.42 Å². The van der Waals surface area contributed by atoms with Gasteiger partial charge in [0.25, 0.3) is 0 Å². The van der Waals surface area contributed by atoms with Gasteiger partial charge in [0.1, 0.15) is 0 Å². The van der Waals surface area contributed by atoms with E-state index >= 15 is 0 Å². The van der Waals surface area contributed by atoms with Crippen molar-refractivity contribution in [1.82, 2.24) is 15.1 Å². The van der Waals surface area contributed by atoms with Gasteiger partial charge in [-0.3, -0.25) is 9.89 Å². The standard InChI is InChI=1S/C19H38N4O3S/c1-8-20-17(22-9-10-27(24,25)19(6,7)14-22)21-13-18(4,5)23-11-15(2)26-16(3)12-23/h15-16H,8-14H2,1-7H3,(H,20,21). The number of sulfone groups is 1. The Kier molecular flexibility index (Phi) is 6.85. The molecule has 0 aliphatic carbocycles. The number of nitrogens with zero attached hydrogens (tertiary/aromatic N) is 3. The average Bonchev–Trinajstić information content (AvgIpc) is 2.53. The number of rotatable bonds is 4. The molecule has 2 saturated heterocycles. The lowest BCUT2D eigenvalue weighted by Crippen LogP contribution is -2.58. The van der Waals surface area contributed by atoms with Gasteiger partial charge < -0.3 is 15.0 Å². The van der Waals surface area contributed by atoms with Gasteiger partial charge in [-0.2, -0.15) is 0 Å². The second-order valence-corrected chi connectivity index (χ2v) is 11.9. The summed E-state index contributed by atoms with van der Waals surface area (Å²) in [6.07, 6.45) is 0.441. The first-order chi connectivity index (χ1) is 12.4. The topological polar surface area (TPSA) is 74.2 Å². The Balaban J connectivity index is 2.13. The number of guanidine groups is 1. The molecule has 0 spiro atoms. The molecule has 2 rings (SSSR count). The number of hydrogen-bond acceptors (Lipinski definition) is 5. The molecular formula is C19H38N4O3S. The molecule has 2 atom stereocenters. The average molecular weight is 403 g/mol. The summed E-state index contributed by atoms with van der Waals surface area (Å²) >= 11 is 0. The Hall–Kier alpha value is -0.860. The van der Waals surface area contributed by atoms with Crippen molar-refractivity contribution < 1.29 is 13.2 Å². The lowest BCUT2D eigenvalue weighted by atomic mass is 10.0. The van der Waals surface area contributed by atoms with Crippen LogP contribution >= 0.6 is 0 Å². The normalized spacial score (nSPS) is 29.6. The van der Waals surface area contributed by atoms with E-state index < -0.39 is 14.6 Å². The maximum atomic E-state index is 12.3. The zero-order valence-electron chi connectivity index (χ0n) is 18.1. The highest BCUT2D eigenvalue weighted by atomic mass is 32.2. The molecular weight excluding hydrogens is 364 g/mol. The Bertz CT molecular complexity index is 635. The van der Waals surface area contributed by atoms with E-state index in [4.69, 9.17) is 9.73 Å². The van der Waals surface area contributed by atoms with Gasteiger partial charge in [0.2, 0.25) is 0 Å². The fourth-order valence-corrected chi connectivity index (χ4v) is 5.16. The predicted octanol–water partition coefficient (Wildman–Crippen LogP) is 1.35. The van der Waals surface area contributed by atoms with Crippen molar-refractivity contribution in [3.8, 4) is 0 Å². The van der Waals surface area contributed by atoms with E-state index in [2.05, 4.69) is 42.8 Å². The number of morpholine rings is 1. The molecule has 2 aliphatic heterocycles. The maximum absolute atomic E-state index is 12.3. The fraction of sp³-hybridized carbons (Fsp3) is 0.947. The highest BCUT2D eigenvalue weighted by Crippen LogP contribution is 2.25. The second kappa shape index (κ2) is 8.25. The van der Waals surface area contributed by atoms with E-state index in [0.717, 1.165) is 25.6 Å². The molecule has 2 heterocycles. The van der Waals surface area contributed by atoms with Gasteiger partial charge >= 0.3 is 0 Å². The molecule has 1 N–H and O–H groups in total. The minimum Gasteiger partial charge on any atom is -0.373 e. The molecule has 27 heavy (non-hydrogen) atoms. The van der Waals surface area contributed by atoms with E-state index in [9.17, 15) is 8.42 Å². The number of nitrogens with one attached hydrogen (secondary N) is 1. The first-order valence-electron chi connectivity index (χ1n) is 10.0. The zero-order valence-corrected chi connectivity index (χ0v) is 18.9. The lowest BCUT2D eigenvalue weighted by molar-refractivity contribution is -0.0939. The molecule has 7 nitrogen and oxygen atoms in total. The predicted molar refractivity (Wildman–Crippen MR) is 111 cm³/mol. The number of ether oxygens (including phenoxy) is 1. The fourth-order valence-electron chi connectivity index (χ4n) is 3.79. The van der Waals surface area contributed by atoms with Crippen LogP contribution in [0.15, 0.2) is 4.99 Å². The minimum atomic E-state index is -3.06. The van der Waals surface area contributed by atoms with Crippen molar-refractivity contribution in [2.75, 3.05) is 45.0 Å². The van der Waals surface area contributed by atoms with Crippen LogP contribution in [0.1, 0.15) is 48.5 Å². The molecule has 0 bridgehead atoms. The SMILES string of the molecule is CCNC(=NCC(C)(C)N1CC(C)OC(C)C1)N1CCS(=O)(=O)C(C)(C)C1. The zero-order chi connectivity index (χ0) is 20.5. The van der Waals surface area contributed by atoms with Crippen molar-refractivity contribution in [1.29, 1.82) is 0 Å².